The van der Waals surface area contributed by atoms with Gasteiger partial charge in [-0.05, 0) is 32.6 Å². The Kier molecular flexibility index (Phi) is 13.4. The van der Waals surface area contributed by atoms with E-state index in [-0.39, 0.29) is 18.1 Å². The van der Waals surface area contributed by atoms with Crippen LogP contribution < -0.4 is 0 Å². The SMILES string of the molecule is CCCCC[C@H](O)C#CC[C@@H](CCCCCCC(=O)O)C(C)=O. The summed E-state index contributed by atoms with van der Waals surface area (Å²) in [6.45, 7) is 3.71. The first-order valence-corrected chi connectivity index (χ1v) is 8.86. The number of carbonyl (C=O) groups excluding carboxylic acids is 1. The van der Waals surface area contributed by atoms with E-state index in [4.69, 9.17) is 5.11 Å². The number of ketones is 1. The number of aliphatic carboxylic acids is 1. The van der Waals surface area contributed by atoms with E-state index in [1.165, 1.54) is 0 Å². The molecule has 0 aliphatic rings. The van der Waals surface area contributed by atoms with Gasteiger partial charge in [-0.1, -0.05) is 50.9 Å². The molecule has 0 radical (unpaired) electrons. The maximum absolute atomic E-state index is 11.6. The number of aliphatic hydroxyl groups is 1. The van der Waals surface area contributed by atoms with Crippen molar-refractivity contribution in [2.45, 2.75) is 90.6 Å². The second-order valence-electron chi connectivity index (χ2n) is 6.19. The fourth-order valence-corrected chi connectivity index (χ4v) is 2.43. The average Bonchev–Trinajstić information content (AvgIpc) is 2.48. The standard InChI is InChI=1S/C19H32O4/c1-3-4-7-13-18(21)14-10-12-17(16(2)20)11-8-5-6-9-15-19(22)23/h17-18,21H,3-9,11-13,15H2,1-2H3,(H,22,23)/t17-,18+/m1/s1. The van der Waals surface area contributed by atoms with Crippen LogP contribution in [0.5, 0.6) is 0 Å². The highest BCUT2D eigenvalue weighted by Gasteiger charge is 2.12. The largest absolute Gasteiger partial charge is 0.481 e. The van der Waals surface area contributed by atoms with E-state index in [0.29, 0.717) is 19.3 Å². The van der Waals surface area contributed by atoms with E-state index in [2.05, 4.69) is 18.8 Å². The third-order valence-electron chi connectivity index (χ3n) is 3.97. The number of aliphatic hydroxyl groups excluding tert-OH is 1. The number of hydrogen-bond donors (Lipinski definition) is 2. The molecule has 0 aliphatic carbocycles. The molecular formula is C19H32O4. The zero-order valence-electron chi connectivity index (χ0n) is 14.6. The zero-order valence-corrected chi connectivity index (χ0v) is 14.6. The summed E-state index contributed by atoms with van der Waals surface area (Å²) in [6.07, 6.45) is 8.32. The lowest BCUT2D eigenvalue weighted by Gasteiger charge is -2.10. The summed E-state index contributed by atoms with van der Waals surface area (Å²) in [7, 11) is 0. The first kappa shape index (κ1) is 21.7. The molecule has 2 N–H and O–H groups in total. The van der Waals surface area contributed by atoms with Gasteiger partial charge in [0.15, 0.2) is 0 Å². The highest BCUT2D eigenvalue weighted by atomic mass is 16.4. The van der Waals surface area contributed by atoms with Gasteiger partial charge in [-0.2, -0.15) is 0 Å². The van der Waals surface area contributed by atoms with Gasteiger partial charge in [-0.15, -0.1) is 0 Å². The van der Waals surface area contributed by atoms with Crippen LogP contribution in [0.1, 0.15) is 84.5 Å². The van der Waals surface area contributed by atoms with Crippen molar-refractivity contribution in [3.8, 4) is 11.8 Å². The van der Waals surface area contributed by atoms with Gasteiger partial charge in [0, 0.05) is 18.8 Å². The molecular weight excluding hydrogens is 292 g/mol. The molecule has 0 fully saturated rings. The number of carboxylic acids is 1. The Balaban J connectivity index is 3.94. The minimum Gasteiger partial charge on any atom is -0.481 e. The summed E-state index contributed by atoms with van der Waals surface area (Å²) < 4.78 is 0. The van der Waals surface area contributed by atoms with E-state index < -0.39 is 12.1 Å². The van der Waals surface area contributed by atoms with Crippen LogP contribution in [0.15, 0.2) is 0 Å². The monoisotopic (exact) mass is 324 g/mol. The molecule has 0 aromatic rings. The molecule has 0 saturated heterocycles. The lowest BCUT2D eigenvalue weighted by Crippen LogP contribution is -2.10. The Morgan fingerprint density at radius 2 is 1.65 bits per heavy atom. The van der Waals surface area contributed by atoms with Crippen molar-refractivity contribution < 1.29 is 19.8 Å². The molecule has 2 atom stereocenters. The van der Waals surface area contributed by atoms with E-state index >= 15 is 0 Å². The highest BCUT2D eigenvalue weighted by molar-refractivity contribution is 5.78. The predicted octanol–water partition coefficient (Wildman–Crippen LogP) is 3.95. The molecule has 4 heteroatoms. The van der Waals surface area contributed by atoms with Crippen LogP contribution in [0.3, 0.4) is 0 Å². The smallest absolute Gasteiger partial charge is 0.303 e. The number of carboxylic acid groups (broad SMARTS) is 1. The van der Waals surface area contributed by atoms with Gasteiger partial charge < -0.3 is 10.2 Å². The number of rotatable bonds is 13. The van der Waals surface area contributed by atoms with Gasteiger partial charge in [-0.3, -0.25) is 9.59 Å². The van der Waals surface area contributed by atoms with Gasteiger partial charge in [0.05, 0.1) is 0 Å². The Hall–Kier alpha value is -1.34. The molecule has 0 spiro atoms. The van der Waals surface area contributed by atoms with Crippen LogP contribution in [-0.4, -0.2) is 28.1 Å². The Bertz CT molecular complexity index is 392. The van der Waals surface area contributed by atoms with Gasteiger partial charge in [-0.25, -0.2) is 0 Å². The number of carbonyl (C=O) groups is 2. The van der Waals surface area contributed by atoms with Crippen LogP contribution in [0, 0.1) is 17.8 Å². The van der Waals surface area contributed by atoms with Crippen molar-refractivity contribution in [1.29, 1.82) is 0 Å². The van der Waals surface area contributed by atoms with E-state index in [1.54, 1.807) is 6.92 Å². The molecule has 0 unspecified atom stereocenters. The first-order chi connectivity index (χ1) is 11.0. The van der Waals surface area contributed by atoms with Crippen molar-refractivity contribution in [3.05, 3.63) is 0 Å². The number of hydrogen-bond acceptors (Lipinski definition) is 3. The van der Waals surface area contributed by atoms with Crippen LogP contribution >= 0.6 is 0 Å². The molecule has 0 aromatic carbocycles. The Morgan fingerprint density at radius 1 is 1.00 bits per heavy atom. The lowest BCUT2D eigenvalue weighted by molar-refractivity contribution is -0.137. The maximum atomic E-state index is 11.6. The molecule has 0 saturated carbocycles. The Labute approximate surface area is 140 Å². The highest BCUT2D eigenvalue weighted by Crippen LogP contribution is 2.16. The third kappa shape index (κ3) is 14.0. The summed E-state index contributed by atoms with van der Waals surface area (Å²) in [5.74, 6) is 5.13. The van der Waals surface area contributed by atoms with Crippen molar-refractivity contribution in [2.24, 2.45) is 5.92 Å². The fraction of sp³-hybridized carbons (Fsp3) is 0.789. The summed E-state index contributed by atoms with van der Waals surface area (Å²) in [5, 5.41) is 18.3. The van der Waals surface area contributed by atoms with Crippen LogP contribution in [-0.2, 0) is 9.59 Å². The second-order valence-corrected chi connectivity index (χ2v) is 6.19. The quantitative estimate of drug-likeness (QED) is 0.397. The normalized spacial score (nSPS) is 13.0. The summed E-state index contributed by atoms with van der Waals surface area (Å²) in [4.78, 5) is 22.0. The number of Topliss-reactive ketones (excluding diaryl/α,β-unsaturated/α-hetero) is 1. The predicted molar refractivity (Wildman–Crippen MR) is 92.1 cm³/mol. The molecule has 0 amide bonds. The van der Waals surface area contributed by atoms with Crippen LogP contribution in [0.2, 0.25) is 0 Å². The second kappa shape index (κ2) is 14.3. The lowest BCUT2D eigenvalue weighted by atomic mass is 9.94. The molecule has 0 bridgehead atoms. The summed E-state index contributed by atoms with van der Waals surface area (Å²) >= 11 is 0. The van der Waals surface area contributed by atoms with E-state index in [9.17, 15) is 14.7 Å². The molecule has 0 heterocycles. The summed E-state index contributed by atoms with van der Waals surface area (Å²) in [5.41, 5.74) is 0. The molecule has 0 aromatic heterocycles. The van der Waals surface area contributed by atoms with Crippen molar-refractivity contribution in [1.82, 2.24) is 0 Å². The molecule has 0 rings (SSSR count). The van der Waals surface area contributed by atoms with Gasteiger partial charge in [0.1, 0.15) is 11.9 Å². The number of unbranched alkanes of at least 4 members (excludes halogenated alkanes) is 5. The summed E-state index contributed by atoms with van der Waals surface area (Å²) in [6, 6.07) is 0. The van der Waals surface area contributed by atoms with Gasteiger partial charge >= 0.3 is 5.97 Å². The van der Waals surface area contributed by atoms with Crippen LogP contribution in [0.4, 0.5) is 0 Å². The van der Waals surface area contributed by atoms with Gasteiger partial charge in [0.25, 0.3) is 0 Å². The average molecular weight is 324 g/mol. The minimum absolute atomic E-state index is 0.0650. The third-order valence-corrected chi connectivity index (χ3v) is 3.97. The van der Waals surface area contributed by atoms with E-state index in [1.807, 2.05) is 0 Å². The molecule has 0 aliphatic heterocycles. The Morgan fingerprint density at radius 3 is 2.26 bits per heavy atom. The van der Waals surface area contributed by atoms with Crippen molar-refractivity contribution in [3.63, 3.8) is 0 Å². The maximum Gasteiger partial charge on any atom is 0.303 e. The minimum atomic E-state index is -0.751. The van der Waals surface area contributed by atoms with Crippen molar-refractivity contribution >= 4 is 11.8 Å². The molecule has 4 nitrogen and oxygen atoms in total. The molecule has 132 valence electrons. The zero-order chi connectivity index (χ0) is 17.5. The molecule has 23 heavy (non-hydrogen) atoms. The van der Waals surface area contributed by atoms with Gasteiger partial charge in [0.2, 0.25) is 0 Å². The van der Waals surface area contributed by atoms with E-state index in [0.717, 1.165) is 44.9 Å². The topological polar surface area (TPSA) is 74.6 Å². The van der Waals surface area contributed by atoms with Crippen molar-refractivity contribution in [2.75, 3.05) is 0 Å². The first-order valence-electron chi connectivity index (χ1n) is 8.86. The van der Waals surface area contributed by atoms with Crippen LogP contribution in [0.25, 0.3) is 0 Å². The fourth-order valence-electron chi connectivity index (χ4n) is 2.43.